The molecule has 0 heterocycles. The maximum atomic E-state index is 5.88. The highest BCUT2D eigenvalue weighted by molar-refractivity contribution is 6.30. The zero-order valence-corrected chi connectivity index (χ0v) is 10.9. The van der Waals surface area contributed by atoms with Crippen LogP contribution in [0, 0.1) is 0 Å². The molecular formula is C14H20ClNO. The lowest BCUT2D eigenvalue weighted by molar-refractivity contribution is 0.289. The largest absolute Gasteiger partial charge is 0.492 e. The van der Waals surface area contributed by atoms with Crippen LogP contribution in [0.3, 0.4) is 0 Å². The molecule has 0 spiro atoms. The van der Waals surface area contributed by atoms with E-state index in [1.165, 1.54) is 32.1 Å². The fourth-order valence-electron chi connectivity index (χ4n) is 2.30. The first kappa shape index (κ1) is 12.7. The molecule has 94 valence electrons. The van der Waals surface area contributed by atoms with Crippen molar-refractivity contribution >= 4 is 11.6 Å². The summed E-state index contributed by atoms with van der Waals surface area (Å²) in [4.78, 5) is 0. The molecule has 1 aromatic rings. The molecule has 0 saturated heterocycles. The summed E-state index contributed by atoms with van der Waals surface area (Å²) in [5.74, 6) is 0.850. The lowest BCUT2D eigenvalue weighted by atomic mass is 9.96. The molecule has 1 N–H and O–H groups in total. The first-order chi connectivity index (χ1) is 8.34. The predicted molar refractivity (Wildman–Crippen MR) is 71.8 cm³/mol. The molecule has 1 aliphatic rings. The molecule has 1 fully saturated rings. The summed E-state index contributed by atoms with van der Waals surface area (Å²) in [6.07, 6.45) is 6.77. The molecule has 1 aromatic carbocycles. The number of halogens is 1. The minimum absolute atomic E-state index is 0.701. The highest BCUT2D eigenvalue weighted by Crippen LogP contribution is 2.18. The molecule has 2 rings (SSSR count). The predicted octanol–water partition coefficient (Wildman–Crippen LogP) is 3.64. The summed E-state index contributed by atoms with van der Waals surface area (Å²) in [6.45, 7) is 1.62. The number of rotatable bonds is 5. The van der Waals surface area contributed by atoms with Crippen LogP contribution in [0.15, 0.2) is 24.3 Å². The molecule has 0 unspecified atom stereocenters. The number of hydrogen-bond donors (Lipinski definition) is 1. The van der Waals surface area contributed by atoms with E-state index in [9.17, 15) is 0 Å². The summed E-state index contributed by atoms with van der Waals surface area (Å²) in [5.41, 5.74) is 0. The van der Waals surface area contributed by atoms with Gasteiger partial charge in [-0.2, -0.15) is 0 Å². The van der Waals surface area contributed by atoms with Gasteiger partial charge in [0.2, 0.25) is 0 Å². The third-order valence-electron chi connectivity index (χ3n) is 3.21. The van der Waals surface area contributed by atoms with Crippen molar-refractivity contribution in [1.29, 1.82) is 0 Å². The van der Waals surface area contributed by atoms with E-state index in [0.29, 0.717) is 12.6 Å². The molecule has 1 saturated carbocycles. The van der Waals surface area contributed by atoms with Gasteiger partial charge in [0.15, 0.2) is 0 Å². The first-order valence-corrected chi connectivity index (χ1v) is 6.84. The molecule has 0 radical (unpaired) electrons. The standard InChI is InChI=1S/C14H20ClNO/c15-12-5-4-8-14(11-12)17-10-9-16-13-6-2-1-3-7-13/h4-5,8,11,13,16H,1-3,6-7,9-10H2. The fourth-order valence-corrected chi connectivity index (χ4v) is 2.48. The van der Waals surface area contributed by atoms with Crippen molar-refractivity contribution in [2.45, 2.75) is 38.1 Å². The molecule has 17 heavy (non-hydrogen) atoms. The first-order valence-electron chi connectivity index (χ1n) is 6.46. The minimum atomic E-state index is 0.701. The van der Waals surface area contributed by atoms with E-state index in [0.717, 1.165) is 17.3 Å². The lowest BCUT2D eigenvalue weighted by Crippen LogP contribution is -2.34. The molecular weight excluding hydrogens is 234 g/mol. The Bertz CT molecular complexity index is 337. The van der Waals surface area contributed by atoms with Gasteiger partial charge in [-0.1, -0.05) is 36.9 Å². The second kappa shape index (κ2) is 6.87. The van der Waals surface area contributed by atoms with Crippen molar-refractivity contribution in [1.82, 2.24) is 5.32 Å². The second-order valence-electron chi connectivity index (χ2n) is 4.59. The summed E-state index contributed by atoms with van der Waals surface area (Å²) in [7, 11) is 0. The van der Waals surface area contributed by atoms with Gasteiger partial charge < -0.3 is 10.1 Å². The van der Waals surface area contributed by atoms with Crippen LogP contribution in [0.1, 0.15) is 32.1 Å². The van der Waals surface area contributed by atoms with Crippen LogP contribution in [-0.2, 0) is 0 Å². The summed E-state index contributed by atoms with van der Waals surface area (Å²) in [5, 5.41) is 4.27. The van der Waals surface area contributed by atoms with Crippen LogP contribution in [-0.4, -0.2) is 19.2 Å². The number of benzene rings is 1. The van der Waals surface area contributed by atoms with E-state index < -0.39 is 0 Å². The van der Waals surface area contributed by atoms with Crippen molar-refractivity contribution in [2.24, 2.45) is 0 Å². The molecule has 0 amide bonds. The topological polar surface area (TPSA) is 21.3 Å². The van der Waals surface area contributed by atoms with Gasteiger partial charge in [0.05, 0.1) is 0 Å². The van der Waals surface area contributed by atoms with Crippen molar-refractivity contribution in [3.63, 3.8) is 0 Å². The van der Waals surface area contributed by atoms with Crippen LogP contribution in [0.2, 0.25) is 5.02 Å². The molecule has 0 aliphatic heterocycles. The van der Waals surface area contributed by atoms with Gasteiger partial charge in [0, 0.05) is 17.6 Å². The van der Waals surface area contributed by atoms with E-state index in [1.807, 2.05) is 24.3 Å². The van der Waals surface area contributed by atoms with E-state index in [2.05, 4.69) is 5.32 Å². The Morgan fingerprint density at radius 1 is 1.24 bits per heavy atom. The van der Waals surface area contributed by atoms with Crippen LogP contribution < -0.4 is 10.1 Å². The Kier molecular flexibility index (Phi) is 5.14. The van der Waals surface area contributed by atoms with Crippen molar-refractivity contribution in [3.8, 4) is 5.75 Å². The van der Waals surface area contributed by atoms with Gasteiger partial charge in [-0.15, -0.1) is 0 Å². The van der Waals surface area contributed by atoms with Crippen molar-refractivity contribution < 1.29 is 4.74 Å². The Morgan fingerprint density at radius 2 is 2.06 bits per heavy atom. The van der Waals surface area contributed by atoms with Crippen LogP contribution in [0.25, 0.3) is 0 Å². The van der Waals surface area contributed by atoms with E-state index >= 15 is 0 Å². The number of hydrogen-bond acceptors (Lipinski definition) is 2. The molecule has 0 aromatic heterocycles. The zero-order valence-electron chi connectivity index (χ0n) is 10.1. The van der Waals surface area contributed by atoms with Crippen molar-refractivity contribution in [3.05, 3.63) is 29.3 Å². The highest BCUT2D eigenvalue weighted by atomic mass is 35.5. The SMILES string of the molecule is Clc1cccc(OCCNC2CCCCC2)c1. The fraction of sp³-hybridized carbons (Fsp3) is 0.571. The third kappa shape index (κ3) is 4.57. The maximum Gasteiger partial charge on any atom is 0.120 e. The minimum Gasteiger partial charge on any atom is -0.492 e. The van der Waals surface area contributed by atoms with Gasteiger partial charge in [-0.3, -0.25) is 0 Å². The molecule has 1 aliphatic carbocycles. The third-order valence-corrected chi connectivity index (χ3v) is 3.44. The van der Waals surface area contributed by atoms with E-state index in [4.69, 9.17) is 16.3 Å². The second-order valence-corrected chi connectivity index (χ2v) is 5.03. The lowest BCUT2D eigenvalue weighted by Gasteiger charge is -2.22. The quantitative estimate of drug-likeness (QED) is 0.809. The van der Waals surface area contributed by atoms with Crippen LogP contribution in [0.5, 0.6) is 5.75 Å². The normalized spacial score (nSPS) is 17.0. The zero-order chi connectivity index (χ0) is 11.9. The maximum absolute atomic E-state index is 5.88. The van der Waals surface area contributed by atoms with Gasteiger partial charge in [0.25, 0.3) is 0 Å². The smallest absolute Gasteiger partial charge is 0.120 e. The molecule has 0 atom stereocenters. The summed E-state index contributed by atoms with van der Waals surface area (Å²) >= 11 is 5.88. The van der Waals surface area contributed by atoms with Gasteiger partial charge in [-0.05, 0) is 31.0 Å². The van der Waals surface area contributed by atoms with Crippen LogP contribution >= 0.6 is 11.6 Å². The molecule has 0 bridgehead atoms. The van der Waals surface area contributed by atoms with E-state index in [-0.39, 0.29) is 0 Å². The van der Waals surface area contributed by atoms with Crippen LogP contribution in [0.4, 0.5) is 0 Å². The van der Waals surface area contributed by atoms with E-state index in [1.54, 1.807) is 0 Å². The summed E-state index contributed by atoms with van der Waals surface area (Å²) in [6, 6.07) is 8.25. The van der Waals surface area contributed by atoms with Gasteiger partial charge in [-0.25, -0.2) is 0 Å². The average molecular weight is 254 g/mol. The Balaban J connectivity index is 1.62. The Hall–Kier alpha value is -0.730. The number of nitrogens with one attached hydrogen (secondary N) is 1. The van der Waals surface area contributed by atoms with Gasteiger partial charge in [0.1, 0.15) is 12.4 Å². The monoisotopic (exact) mass is 253 g/mol. The molecule has 2 nitrogen and oxygen atoms in total. The highest BCUT2D eigenvalue weighted by Gasteiger charge is 2.11. The Morgan fingerprint density at radius 3 is 2.82 bits per heavy atom. The molecule has 3 heteroatoms. The number of ether oxygens (including phenoxy) is 1. The van der Waals surface area contributed by atoms with Gasteiger partial charge >= 0.3 is 0 Å². The Labute approximate surface area is 108 Å². The average Bonchev–Trinajstić information content (AvgIpc) is 2.36. The summed E-state index contributed by atoms with van der Waals surface area (Å²) < 4.78 is 5.63. The van der Waals surface area contributed by atoms with Crippen molar-refractivity contribution in [2.75, 3.05) is 13.2 Å².